The molecular formula is C18H19Cl2N5. The van der Waals surface area contributed by atoms with Crippen LogP contribution in [0.5, 0.6) is 0 Å². The lowest BCUT2D eigenvalue weighted by atomic mass is 9.91. The molecule has 0 unspecified atom stereocenters. The zero-order chi connectivity index (χ0) is 18.2. The minimum absolute atomic E-state index is 0.155. The third kappa shape index (κ3) is 3.57. The van der Waals surface area contributed by atoms with Gasteiger partial charge in [-0.15, -0.1) is 0 Å². The van der Waals surface area contributed by atoms with E-state index in [1.54, 1.807) is 12.1 Å². The first kappa shape index (κ1) is 17.9. The second kappa shape index (κ2) is 6.80. The van der Waals surface area contributed by atoms with E-state index >= 15 is 0 Å². The van der Waals surface area contributed by atoms with E-state index in [9.17, 15) is 5.26 Å². The second-order valence-corrected chi connectivity index (χ2v) is 7.47. The van der Waals surface area contributed by atoms with Gasteiger partial charge >= 0.3 is 0 Å². The van der Waals surface area contributed by atoms with E-state index in [1.807, 2.05) is 13.0 Å². The van der Waals surface area contributed by atoms with Gasteiger partial charge in [0, 0.05) is 29.8 Å². The fourth-order valence-corrected chi connectivity index (χ4v) is 3.41. The van der Waals surface area contributed by atoms with E-state index in [0.717, 1.165) is 25.9 Å². The summed E-state index contributed by atoms with van der Waals surface area (Å²) in [5.41, 5.74) is 8.33. The van der Waals surface area contributed by atoms with E-state index in [2.05, 4.69) is 27.9 Å². The third-order valence-corrected chi connectivity index (χ3v) is 5.41. The number of nitrogens with zero attached hydrogens (tertiary/aromatic N) is 4. The number of aromatic nitrogens is 2. The number of benzene rings is 1. The van der Waals surface area contributed by atoms with Gasteiger partial charge in [0.1, 0.15) is 6.07 Å². The zero-order valence-corrected chi connectivity index (χ0v) is 15.7. The van der Waals surface area contributed by atoms with Crippen molar-refractivity contribution in [2.24, 2.45) is 5.73 Å². The maximum Gasteiger partial charge on any atom is 0.226 e. The molecule has 5 nitrogen and oxygen atoms in total. The van der Waals surface area contributed by atoms with Crippen molar-refractivity contribution in [3.8, 4) is 17.2 Å². The van der Waals surface area contributed by atoms with Crippen molar-refractivity contribution < 1.29 is 0 Å². The predicted octanol–water partition coefficient (Wildman–Crippen LogP) is 3.95. The number of piperidine rings is 1. The number of hydrogen-bond donors (Lipinski definition) is 1. The van der Waals surface area contributed by atoms with Gasteiger partial charge in [0.05, 0.1) is 15.7 Å². The Morgan fingerprint density at radius 2 is 1.92 bits per heavy atom. The molecule has 0 bridgehead atoms. The number of nitrogens with two attached hydrogens (primary N) is 1. The van der Waals surface area contributed by atoms with Gasteiger partial charge in [0.2, 0.25) is 5.95 Å². The molecule has 1 aliphatic heterocycles. The Kier molecular flexibility index (Phi) is 4.88. The van der Waals surface area contributed by atoms with E-state index in [-0.39, 0.29) is 5.54 Å². The summed E-state index contributed by atoms with van der Waals surface area (Å²) in [5.74, 6) is 0.562. The average Bonchev–Trinajstić information content (AvgIpc) is 2.57. The van der Waals surface area contributed by atoms with Gasteiger partial charge in [0.15, 0.2) is 5.69 Å². The SMILES string of the molecule is Cc1nc(N2CCC(C)(N)CC2)nc(C#N)c1-c1cccc(Cl)c1Cl. The molecule has 0 radical (unpaired) electrons. The summed E-state index contributed by atoms with van der Waals surface area (Å²) < 4.78 is 0. The number of halogens is 2. The Labute approximate surface area is 157 Å². The highest BCUT2D eigenvalue weighted by molar-refractivity contribution is 6.43. The fourth-order valence-electron chi connectivity index (χ4n) is 3.02. The van der Waals surface area contributed by atoms with Crippen LogP contribution >= 0.6 is 23.2 Å². The minimum Gasteiger partial charge on any atom is -0.341 e. The highest BCUT2D eigenvalue weighted by atomic mass is 35.5. The molecule has 25 heavy (non-hydrogen) atoms. The normalized spacial score (nSPS) is 16.6. The van der Waals surface area contributed by atoms with Crippen LogP contribution in [0.15, 0.2) is 18.2 Å². The monoisotopic (exact) mass is 375 g/mol. The molecule has 2 N–H and O–H groups in total. The minimum atomic E-state index is -0.155. The topological polar surface area (TPSA) is 78.8 Å². The molecule has 7 heteroatoms. The maximum atomic E-state index is 9.62. The molecule has 1 aliphatic rings. The van der Waals surface area contributed by atoms with Crippen molar-refractivity contribution in [3.05, 3.63) is 39.6 Å². The van der Waals surface area contributed by atoms with Crippen LogP contribution in [0.4, 0.5) is 5.95 Å². The Morgan fingerprint density at radius 3 is 2.56 bits per heavy atom. The van der Waals surface area contributed by atoms with Gasteiger partial charge < -0.3 is 10.6 Å². The lowest BCUT2D eigenvalue weighted by Gasteiger charge is -2.36. The van der Waals surface area contributed by atoms with Gasteiger partial charge in [0.25, 0.3) is 0 Å². The van der Waals surface area contributed by atoms with Crippen molar-refractivity contribution >= 4 is 29.2 Å². The van der Waals surface area contributed by atoms with Gasteiger partial charge in [-0.2, -0.15) is 5.26 Å². The lowest BCUT2D eigenvalue weighted by molar-refractivity contribution is 0.361. The summed E-state index contributed by atoms with van der Waals surface area (Å²) in [4.78, 5) is 11.2. The quantitative estimate of drug-likeness (QED) is 0.859. The van der Waals surface area contributed by atoms with Crippen LogP contribution in [-0.4, -0.2) is 28.6 Å². The van der Waals surface area contributed by atoms with E-state index in [4.69, 9.17) is 28.9 Å². The van der Waals surface area contributed by atoms with Crippen LogP contribution in [0.1, 0.15) is 31.2 Å². The molecule has 1 aromatic carbocycles. The average molecular weight is 376 g/mol. The molecule has 1 fully saturated rings. The Balaban J connectivity index is 2.03. The van der Waals surface area contributed by atoms with E-state index in [0.29, 0.717) is 38.5 Å². The Bertz CT molecular complexity index is 847. The maximum absolute atomic E-state index is 9.62. The van der Waals surface area contributed by atoms with Crippen molar-refractivity contribution in [1.29, 1.82) is 5.26 Å². The molecular weight excluding hydrogens is 357 g/mol. The van der Waals surface area contributed by atoms with Crippen LogP contribution in [-0.2, 0) is 0 Å². The van der Waals surface area contributed by atoms with Crippen molar-refractivity contribution in [2.45, 2.75) is 32.2 Å². The predicted molar refractivity (Wildman–Crippen MR) is 101 cm³/mol. The first-order valence-electron chi connectivity index (χ1n) is 8.09. The van der Waals surface area contributed by atoms with Crippen LogP contribution in [0.25, 0.3) is 11.1 Å². The van der Waals surface area contributed by atoms with Crippen LogP contribution in [0.3, 0.4) is 0 Å². The van der Waals surface area contributed by atoms with E-state index in [1.165, 1.54) is 0 Å². The first-order chi connectivity index (χ1) is 11.8. The molecule has 130 valence electrons. The molecule has 0 saturated carbocycles. The first-order valence-corrected chi connectivity index (χ1v) is 8.85. The standard InChI is InChI=1S/C18H19Cl2N5/c1-11-15(12-4-3-5-13(19)16(12)20)14(10-21)24-17(23-11)25-8-6-18(2,22)7-9-25/h3-5H,6-9,22H2,1-2H3. The van der Waals surface area contributed by atoms with Crippen LogP contribution in [0, 0.1) is 18.3 Å². The number of aryl methyl sites for hydroxylation is 1. The molecule has 2 aromatic rings. The summed E-state index contributed by atoms with van der Waals surface area (Å²) >= 11 is 12.4. The number of rotatable bonds is 2. The highest BCUT2D eigenvalue weighted by Gasteiger charge is 2.28. The zero-order valence-electron chi connectivity index (χ0n) is 14.2. The molecule has 3 rings (SSSR count). The molecule has 0 atom stereocenters. The molecule has 0 amide bonds. The molecule has 2 heterocycles. The summed E-state index contributed by atoms with van der Waals surface area (Å²) in [6.45, 7) is 5.46. The molecule has 0 spiro atoms. The highest BCUT2D eigenvalue weighted by Crippen LogP contribution is 2.36. The largest absolute Gasteiger partial charge is 0.341 e. The van der Waals surface area contributed by atoms with Crippen molar-refractivity contribution in [3.63, 3.8) is 0 Å². The molecule has 1 aromatic heterocycles. The van der Waals surface area contributed by atoms with Gasteiger partial charge in [-0.05, 0) is 32.8 Å². The van der Waals surface area contributed by atoms with Gasteiger partial charge in [-0.1, -0.05) is 35.3 Å². The van der Waals surface area contributed by atoms with Gasteiger partial charge in [-0.25, -0.2) is 9.97 Å². The van der Waals surface area contributed by atoms with E-state index < -0.39 is 0 Å². The molecule has 0 aliphatic carbocycles. The summed E-state index contributed by atoms with van der Waals surface area (Å²) in [7, 11) is 0. The Hall–Kier alpha value is -1.87. The number of nitriles is 1. The van der Waals surface area contributed by atoms with Crippen LogP contribution < -0.4 is 10.6 Å². The lowest BCUT2D eigenvalue weighted by Crippen LogP contribution is -2.48. The third-order valence-electron chi connectivity index (χ3n) is 4.59. The molecule has 1 saturated heterocycles. The summed E-state index contributed by atoms with van der Waals surface area (Å²) in [6.07, 6.45) is 1.72. The fraction of sp³-hybridized carbons (Fsp3) is 0.389. The van der Waals surface area contributed by atoms with Gasteiger partial charge in [-0.3, -0.25) is 0 Å². The van der Waals surface area contributed by atoms with Crippen LogP contribution in [0.2, 0.25) is 10.0 Å². The number of anilines is 1. The summed E-state index contributed by atoms with van der Waals surface area (Å²) in [5, 5.41) is 10.5. The smallest absolute Gasteiger partial charge is 0.226 e. The van der Waals surface area contributed by atoms with Crippen molar-refractivity contribution in [2.75, 3.05) is 18.0 Å². The Morgan fingerprint density at radius 1 is 1.24 bits per heavy atom. The summed E-state index contributed by atoms with van der Waals surface area (Å²) in [6, 6.07) is 7.50. The van der Waals surface area contributed by atoms with Crippen molar-refractivity contribution in [1.82, 2.24) is 9.97 Å². The number of hydrogen-bond acceptors (Lipinski definition) is 5. The second-order valence-electron chi connectivity index (χ2n) is 6.69.